The maximum Gasteiger partial charge on any atom is 0.523 e. The van der Waals surface area contributed by atoms with Crippen LogP contribution in [0.15, 0.2) is 0 Å². The minimum Gasteiger partial charge on any atom is -0.165 e. The third kappa shape index (κ3) is 1.47. The van der Waals surface area contributed by atoms with Gasteiger partial charge in [-0.1, -0.05) is 0 Å². The predicted octanol–water partition coefficient (Wildman–Crippen LogP) is 0.214. The van der Waals surface area contributed by atoms with Gasteiger partial charge < -0.3 is 0 Å². The third-order valence-electron chi connectivity index (χ3n) is 5.53. The van der Waals surface area contributed by atoms with Crippen molar-refractivity contribution in [1.82, 2.24) is 14.7 Å². The fraction of sp³-hybridized carbons (Fsp3) is 0.786. The number of hydrogen-bond acceptors (Lipinski definition) is 6. The van der Waals surface area contributed by atoms with Crippen molar-refractivity contribution in [3.8, 4) is 0 Å². The van der Waals surface area contributed by atoms with E-state index in [0.717, 1.165) is 0 Å². The summed E-state index contributed by atoms with van der Waals surface area (Å²) in [6, 6.07) is 0. The number of nitrogens with zero attached hydrogens (tertiary/aromatic N) is 6. The van der Waals surface area contributed by atoms with Gasteiger partial charge in [-0.15, -0.1) is 0 Å². The monoisotopic (exact) mass is 375 g/mol. The van der Waals surface area contributed by atoms with E-state index in [4.69, 9.17) is 0 Å². The first kappa shape index (κ1) is 17.3. The lowest BCUT2D eigenvalue weighted by Gasteiger charge is -2.30. The standard InChI is InChI=1S/C14H27N6S3/c1-15-10(21-7)16(2)14-13(15,17(3)11(22-8)19(14)5)18(4)12(23-9)20(14)6/h1-9H3/q+3. The lowest BCUT2D eigenvalue weighted by molar-refractivity contribution is -0.974. The van der Waals surface area contributed by atoms with Crippen LogP contribution in [0.1, 0.15) is 0 Å². The van der Waals surface area contributed by atoms with E-state index in [1.807, 2.05) is 35.3 Å². The van der Waals surface area contributed by atoms with E-state index in [-0.39, 0.29) is 11.6 Å². The lowest BCUT2D eigenvalue weighted by Crippen LogP contribution is -2.73. The summed E-state index contributed by atoms with van der Waals surface area (Å²) in [5, 5.41) is 3.84. The molecule has 0 fully saturated rings. The molecule has 3 aliphatic heterocycles. The molecule has 128 valence electrons. The Kier molecular flexibility index (Phi) is 3.93. The van der Waals surface area contributed by atoms with Crippen molar-refractivity contribution in [3.05, 3.63) is 0 Å². The molecule has 3 aliphatic rings. The SMILES string of the molecule is CSC1=[N+](C)C23[N+](C)=C(SC)N(C)C2(N1C)N(C)C(SC)=[N+]3C. The van der Waals surface area contributed by atoms with Gasteiger partial charge in [0.2, 0.25) is 0 Å². The second-order valence-electron chi connectivity index (χ2n) is 6.09. The normalized spacial score (nSPS) is 33.5. The van der Waals surface area contributed by atoms with E-state index < -0.39 is 0 Å². The van der Waals surface area contributed by atoms with Crippen LogP contribution in [0.4, 0.5) is 0 Å². The van der Waals surface area contributed by atoms with E-state index in [1.54, 1.807) is 0 Å². The van der Waals surface area contributed by atoms with Gasteiger partial charge in [0.1, 0.15) is 0 Å². The molecule has 0 aromatic carbocycles. The molecular weight excluding hydrogens is 348 g/mol. The van der Waals surface area contributed by atoms with Gasteiger partial charge in [-0.05, 0) is 54.1 Å². The van der Waals surface area contributed by atoms with Crippen molar-refractivity contribution in [2.24, 2.45) is 0 Å². The smallest absolute Gasteiger partial charge is 0.165 e. The Morgan fingerprint density at radius 2 is 0.913 bits per heavy atom. The average Bonchev–Trinajstić information content (AvgIpc) is 2.94. The van der Waals surface area contributed by atoms with Crippen LogP contribution in [-0.4, -0.2) is 117 Å². The van der Waals surface area contributed by atoms with E-state index >= 15 is 0 Å². The Bertz CT molecular complexity index is 581. The van der Waals surface area contributed by atoms with E-state index in [0.29, 0.717) is 0 Å². The Morgan fingerprint density at radius 3 is 1.09 bits per heavy atom. The molecule has 3 heterocycles. The summed E-state index contributed by atoms with van der Waals surface area (Å²) in [5.74, 6) is -0.583. The van der Waals surface area contributed by atoms with Crippen molar-refractivity contribution >= 4 is 50.8 Å². The summed E-state index contributed by atoms with van der Waals surface area (Å²) >= 11 is 5.42. The van der Waals surface area contributed by atoms with Gasteiger partial charge in [0.05, 0.1) is 42.3 Å². The highest BCUT2D eigenvalue weighted by atomic mass is 32.2. The average molecular weight is 376 g/mol. The summed E-state index contributed by atoms with van der Waals surface area (Å²) in [6.07, 6.45) is 6.47. The Labute approximate surface area is 151 Å². The van der Waals surface area contributed by atoms with Crippen LogP contribution < -0.4 is 0 Å². The zero-order chi connectivity index (χ0) is 17.3. The Hall–Kier alpha value is -0.540. The highest BCUT2D eigenvalue weighted by Gasteiger charge is 2.96. The van der Waals surface area contributed by atoms with Gasteiger partial charge >= 0.3 is 27.1 Å². The van der Waals surface area contributed by atoms with E-state index in [1.165, 1.54) is 15.5 Å². The molecule has 0 N–H and O–H groups in total. The van der Waals surface area contributed by atoms with Gasteiger partial charge in [-0.25, -0.2) is 0 Å². The Balaban J connectivity index is 2.45. The second kappa shape index (κ2) is 5.23. The molecule has 0 radical (unpaired) electrons. The molecule has 0 aliphatic carbocycles. The minimum atomic E-state index is -0.291. The number of amidine groups is 3. The third-order valence-corrected chi connectivity index (χ3v) is 8.26. The van der Waals surface area contributed by atoms with Crippen molar-refractivity contribution in [1.29, 1.82) is 0 Å². The lowest BCUT2D eigenvalue weighted by atomic mass is 10.1. The maximum atomic E-state index is 2.43. The fourth-order valence-electron chi connectivity index (χ4n) is 5.00. The molecule has 0 atom stereocenters. The van der Waals surface area contributed by atoms with Crippen LogP contribution in [-0.2, 0) is 0 Å². The maximum absolute atomic E-state index is 2.43. The number of hydrogen-bond donors (Lipinski definition) is 0. The predicted molar refractivity (Wildman–Crippen MR) is 103 cm³/mol. The molecule has 0 saturated heterocycles. The first-order chi connectivity index (χ1) is 10.8. The first-order valence-electron chi connectivity index (χ1n) is 7.45. The van der Waals surface area contributed by atoms with Gasteiger partial charge in [-0.3, -0.25) is 0 Å². The molecule has 0 aromatic rings. The van der Waals surface area contributed by atoms with Gasteiger partial charge in [0.15, 0.2) is 0 Å². The van der Waals surface area contributed by atoms with Crippen LogP contribution in [0.25, 0.3) is 0 Å². The molecule has 0 bridgehead atoms. The van der Waals surface area contributed by atoms with E-state index in [2.05, 4.69) is 89.5 Å². The van der Waals surface area contributed by atoms with Crippen LogP contribution in [0.2, 0.25) is 0 Å². The number of likely N-dealkylation sites (N-methyl/N-ethyl adjacent to an activating group) is 6. The van der Waals surface area contributed by atoms with Crippen LogP contribution >= 0.6 is 35.3 Å². The molecular formula is C14H27N6S3+3. The highest BCUT2D eigenvalue weighted by molar-refractivity contribution is 8.13. The topological polar surface area (TPSA) is 18.8 Å². The summed E-state index contributed by atoms with van der Waals surface area (Å²) < 4.78 is 7.28. The molecule has 0 saturated carbocycles. The zero-order valence-corrected chi connectivity index (χ0v) is 17.9. The van der Waals surface area contributed by atoms with Crippen molar-refractivity contribution < 1.29 is 13.7 Å². The minimum absolute atomic E-state index is 0.291. The van der Waals surface area contributed by atoms with E-state index in [9.17, 15) is 0 Å². The molecule has 0 spiro atoms. The summed E-state index contributed by atoms with van der Waals surface area (Å²) in [4.78, 5) is 7.28. The molecule has 0 aromatic heterocycles. The second-order valence-corrected chi connectivity index (χ2v) is 8.41. The molecule has 23 heavy (non-hydrogen) atoms. The van der Waals surface area contributed by atoms with Crippen molar-refractivity contribution in [2.75, 3.05) is 61.1 Å². The van der Waals surface area contributed by atoms with Crippen LogP contribution in [0.5, 0.6) is 0 Å². The zero-order valence-electron chi connectivity index (χ0n) is 15.4. The van der Waals surface area contributed by atoms with Gasteiger partial charge in [-0.2, -0.15) is 28.4 Å². The molecule has 9 heteroatoms. The quantitative estimate of drug-likeness (QED) is 0.560. The number of rotatable bonds is 0. The van der Waals surface area contributed by atoms with Gasteiger partial charge in [0.25, 0.3) is 0 Å². The van der Waals surface area contributed by atoms with Crippen LogP contribution in [0.3, 0.4) is 0 Å². The first-order valence-corrected chi connectivity index (χ1v) is 11.1. The fourth-order valence-corrected chi connectivity index (χ4v) is 7.40. The molecule has 0 amide bonds. The highest BCUT2D eigenvalue weighted by Crippen LogP contribution is 2.51. The Morgan fingerprint density at radius 1 is 0.652 bits per heavy atom. The summed E-state index contributed by atoms with van der Waals surface area (Å²) in [6.45, 7) is 0. The largest absolute Gasteiger partial charge is 0.523 e. The van der Waals surface area contributed by atoms with Gasteiger partial charge in [0, 0.05) is 0 Å². The van der Waals surface area contributed by atoms with Crippen molar-refractivity contribution in [2.45, 2.75) is 11.6 Å². The molecule has 3 rings (SSSR count). The van der Waals surface area contributed by atoms with Crippen molar-refractivity contribution in [3.63, 3.8) is 0 Å². The summed E-state index contributed by atoms with van der Waals surface area (Å²) in [5.41, 5.74) is 0. The van der Waals surface area contributed by atoms with Crippen LogP contribution in [0, 0.1) is 0 Å². The summed E-state index contributed by atoms with van der Waals surface area (Å²) in [7, 11) is 13.3. The number of thioether (sulfide) groups is 3. The molecule has 6 nitrogen and oxygen atoms in total. The molecule has 0 unspecified atom stereocenters.